The van der Waals surface area contributed by atoms with Gasteiger partial charge in [0.05, 0.1) is 7.11 Å². The summed E-state index contributed by atoms with van der Waals surface area (Å²) in [6, 6.07) is 9.39. The molecule has 2 aromatic rings. The predicted octanol–water partition coefficient (Wildman–Crippen LogP) is 2.51. The van der Waals surface area contributed by atoms with Crippen molar-refractivity contribution in [1.29, 1.82) is 0 Å². The molecule has 4 nitrogen and oxygen atoms in total. The molecule has 2 rings (SSSR count). The van der Waals surface area contributed by atoms with E-state index >= 15 is 0 Å². The number of hydrogen-bond donors (Lipinski definition) is 1. The Kier molecular flexibility index (Phi) is 4.16. The van der Waals surface area contributed by atoms with Crippen molar-refractivity contribution in [3.8, 4) is 0 Å². The summed E-state index contributed by atoms with van der Waals surface area (Å²) in [7, 11) is 1.26. The molecule has 0 amide bonds. The van der Waals surface area contributed by atoms with E-state index in [0.29, 0.717) is 12.0 Å². The first kappa shape index (κ1) is 13.5. The van der Waals surface area contributed by atoms with E-state index in [1.54, 1.807) is 6.07 Å². The summed E-state index contributed by atoms with van der Waals surface area (Å²) in [4.78, 5) is 25.9. The van der Waals surface area contributed by atoms with Crippen molar-refractivity contribution < 1.29 is 9.53 Å². The summed E-state index contributed by atoms with van der Waals surface area (Å²) < 4.78 is 5.59. The number of halogens is 1. The number of H-pyrrole nitrogens is 1. The lowest BCUT2D eigenvalue weighted by Gasteiger charge is -2.08. The minimum atomic E-state index is -0.621. The molecule has 0 radical (unpaired) electrons. The van der Waals surface area contributed by atoms with Gasteiger partial charge in [0.15, 0.2) is 0 Å². The molecule has 0 aliphatic carbocycles. The largest absolute Gasteiger partial charge is 0.465 e. The maximum atomic E-state index is 11.7. The van der Waals surface area contributed by atoms with Crippen molar-refractivity contribution in [1.82, 2.24) is 4.98 Å². The van der Waals surface area contributed by atoms with Gasteiger partial charge in [0.1, 0.15) is 5.56 Å². The highest BCUT2D eigenvalue weighted by Gasteiger charge is 2.16. The van der Waals surface area contributed by atoms with Gasteiger partial charge in [-0.2, -0.15) is 0 Å². The van der Waals surface area contributed by atoms with E-state index in [9.17, 15) is 9.59 Å². The first-order valence-corrected chi connectivity index (χ1v) is 6.45. The lowest BCUT2D eigenvalue weighted by Crippen LogP contribution is -2.21. The van der Waals surface area contributed by atoms with Gasteiger partial charge in [-0.25, -0.2) is 4.79 Å². The molecule has 1 N–H and O–H groups in total. The molecule has 1 aromatic carbocycles. The number of ether oxygens (including phenoxy) is 1. The van der Waals surface area contributed by atoms with Crippen LogP contribution in [0.5, 0.6) is 0 Å². The maximum absolute atomic E-state index is 11.7. The summed E-state index contributed by atoms with van der Waals surface area (Å²) in [5.41, 5.74) is 1.26. The van der Waals surface area contributed by atoms with Gasteiger partial charge in [0.2, 0.25) is 0 Å². The lowest BCUT2D eigenvalue weighted by atomic mass is 10.0. The second-order valence-corrected chi connectivity index (χ2v) is 4.82. The van der Waals surface area contributed by atoms with E-state index in [4.69, 9.17) is 0 Å². The molecule has 1 heterocycles. The van der Waals surface area contributed by atoms with Crippen molar-refractivity contribution in [2.75, 3.05) is 7.11 Å². The van der Waals surface area contributed by atoms with E-state index in [1.165, 1.54) is 13.3 Å². The van der Waals surface area contributed by atoms with Crippen LogP contribution in [-0.4, -0.2) is 18.1 Å². The molecule has 0 saturated carbocycles. The summed E-state index contributed by atoms with van der Waals surface area (Å²) in [5, 5.41) is 0. The molecule has 98 valence electrons. The molecule has 0 aliphatic rings. The Morgan fingerprint density at radius 2 is 2.00 bits per heavy atom. The van der Waals surface area contributed by atoms with Gasteiger partial charge in [-0.15, -0.1) is 0 Å². The molecular formula is C14H12BrNO3. The molecule has 0 saturated heterocycles. The second kappa shape index (κ2) is 5.84. The molecule has 0 fully saturated rings. The summed E-state index contributed by atoms with van der Waals surface area (Å²) in [5.74, 6) is -0.621. The number of pyridine rings is 1. The topological polar surface area (TPSA) is 59.2 Å². The van der Waals surface area contributed by atoms with Crippen LogP contribution in [0, 0.1) is 0 Å². The van der Waals surface area contributed by atoms with E-state index < -0.39 is 11.5 Å². The number of benzene rings is 1. The molecule has 0 unspecified atom stereocenters. The fourth-order valence-corrected chi connectivity index (χ4v) is 2.26. The van der Waals surface area contributed by atoms with Crippen LogP contribution in [0.4, 0.5) is 0 Å². The fraction of sp³-hybridized carbons (Fsp3) is 0.143. The minimum Gasteiger partial charge on any atom is -0.465 e. The normalized spacial score (nSPS) is 10.2. The number of aromatic nitrogens is 1. The number of aromatic amines is 1. The van der Waals surface area contributed by atoms with Gasteiger partial charge in [0.25, 0.3) is 5.56 Å². The third-order valence-corrected chi connectivity index (χ3v) is 3.55. The Morgan fingerprint density at radius 1 is 1.26 bits per heavy atom. The van der Waals surface area contributed by atoms with Crippen LogP contribution in [0.25, 0.3) is 0 Å². The molecule has 0 aliphatic heterocycles. The van der Waals surface area contributed by atoms with Gasteiger partial charge in [-0.3, -0.25) is 4.79 Å². The van der Waals surface area contributed by atoms with Crippen molar-refractivity contribution in [2.45, 2.75) is 6.42 Å². The van der Waals surface area contributed by atoms with Crippen LogP contribution in [0.15, 0.2) is 45.8 Å². The van der Waals surface area contributed by atoms with Crippen LogP contribution in [0.3, 0.4) is 0 Å². The first-order chi connectivity index (χ1) is 9.13. The molecule has 1 aromatic heterocycles. The van der Waals surface area contributed by atoms with Gasteiger partial charge in [-0.1, -0.05) is 34.1 Å². The van der Waals surface area contributed by atoms with E-state index in [1.807, 2.05) is 24.3 Å². The lowest BCUT2D eigenvalue weighted by molar-refractivity contribution is 0.0597. The Morgan fingerprint density at radius 3 is 2.68 bits per heavy atom. The number of nitrogens with one attached hydrogen (secondary N) is 1. The van der Waals surface area contributed by atoms with Crippen LogP contribution >= 0.6 is 15.9 Å². The van der Waals surface area contributed by atoms with E-state index in [0.717, 1.165) is 10.0 Å². The van der Waals surface area contributed by atoms with Crippen LogP contribution in [0.2, 0.25) is 0 Å². The van der Waals surface area contributed by atoms with Gasteiger partial charge < -0.3 is 9.72 Å². The average molecular weight is 322 g/mol. The average Bonchev–Trinajstić information content (AvgIpc) is 2.41. The molecule has 19 heavy (non-hydrogen) atoms. The van der Waals surface area contributed by atoms with Crippen LogP contribution in [-0.2, 0) is 11.2 Å². The van der Waals surface area contributed by atoms with E-state index in [-0.39, 0.29) is 5.56 Å². The maximum Gasteiger partial charge on any atom is 0.343 e. The standard InChI is InChI=1S/C14H12BrNO3/c1-19-14(18)12-10(6-7-16-13(12)17)8-9-4-2-3-5-11(9)15/h2-7H,8H2,1H3,(H,16,17). The third-order valence-electron chi connectivity index (χ3n) is 2.78. The Hall–Kier alpha value is -1.88. The summed E-state index contributed by atoms with van der Waals surface area (Å²) in [6.07, 6.45) is 2.01. The zero-order valence-electron chi connectivity index (χ0n) is 10.3. The van der Waals surface area contributed by atoms with Gasteiger partial charge in [0, 0.05) is 10.7 Å². The summed E-state index contributed by atoms with van der Waals surface area (Å²) >= 11 is 3.45. The van der Waals surface area contributed by atoms with Crippen LogP contribution < -0.4 is 5.56 Å². The Bertz CT molecular complexity index is 664. The number of carbonyl (C=O) groups excluding carboxylic acids is 1. The summed E-state index contributed by atoms with van der Waals surface area (Å²) in [6.45, 7) is 0. The zero-order valence-corrected chi connectivity index (χ0v) is 11.9. The predicted molar refractivity (Wildman–Crippen MR) is 75.4 cm³/mol. The minimum absolute atomic E-state index is 0.0563. The highest BCUT2D eigenvalue weighted by Crippen LogP contribution is 2.20. The van der Waals surface area contributed by atoms with E-state index in [2.05, 4.69) is 25.7 Å². The quantitative estimate of drug-likeness (QED) is 0.884. The second-order valence-electron chi connectivity index (χ2n) is 3.97. The van der Waals surface area contributed by atoms with Crippen molar-refractivity contribution in [3.63, 3.8) is 0 Å². The van der Waals surface area contributed by atoms with Crippen LogP contribution in [0.1, 0.15) is 21.5 Å². The fourth-order valence-electron chi connectivity index (χ4n) is 1.84. The monoisotopic (exact) mass is 321 g/mol. The third kappa shape index (κ3) is 2.93. The Balaban J connectivity index is 2.47. The molecule has 5 heteroatoms. The molecular weight excluding hydrogens is 310 g/mol. The SMILES string of the molecule is COC(=O)c1c(Cc2ccccc2Br)cc[nH]c1=O. The first-order valence-electron chi connectivity index (χ1n) is 5.65. The highest BCUT2D eigenvalue weighted by molar-refractivity contribution is 9.10. The molecule has 0 spiro atoms. The molecule has 0 bridgehead atoms. The number of carbonyl (C=O) groups is 1. The van der Waals surface area contributed by atoms with Crippen molar-refractivity contribution in [2.24, 2.45) is 0 Å². The number of esters is 1. The number of methoxy groups -OCH3 is 1. The van der Waals surface area contributed by atoms with Crippen molar-refractivity contribution >= 4 is 21.9 Å². The zero-order chi connectivity index (χ0) is 13.8. The number of rotatable bonds is 3. The molecule has 0 atom stereocenters. The van der Waals surface area contributed by atoms with Gasteiger partial charge >= 0.3 is 5.97 Å². The smallest absolute Gasteiger partial charge is 0.343 e. The van der Waals surface area contributed by atoms with Gasteiger partial charge in [-0.05, 0) is 29.7 Å². The highest BCUT2D eigenvalue weighted by atomic mass is 79.9. The van der Waals surface area contributed by atoms with Crippen molar-refractivity contribution in [3.05, 3.63) is 68.0 Å². The Labute approximate surface area is 118 Å². The number of hydrogen-bond acceptors (Lipinski definition) is 3.